The van der Waals surface area contributed by atoms with Gasteiger partial charge in [-0.15, -0.1) is 0 Å². The number of likely N-dealkylation sites (tertiary alicyclic amines) is 1. The number of carbonyl (C=O) groups is 1. The van der Waals surface area contributed by atoms with Crippen LogP contribution in [0.5, 0.6) is 0 Å². The maximum Gasteiger partial charge on any atom is 0.298 e. The summed E-state index contributed by atoms with van der Waals surface area (Å²) in [5.41, 5.74) is 1.53. The van der Waals surface area contributed by atoms with Crippen LogP contribution in [0.1, 0.15) is 12.8 Å². The Bertz CT molecular complexity index is 878. The van der Waals surface area contributed by atoms with Crippen LogP contribution in [0.3, 0.4) is 0 Å². The predicted octanol–water partition coefficient (Wildman–Crippen LogP) is 2.96. The molecule has 3 fully saturated rings. The second-order valence-electron chi connectivity index (χ2n) is 8.87. The molecular weight excluding hydrogens is 376 g/mol. The number of aromatic nitrogens is 1. The Morgan fingerprint density at radius 2 is 1.96 bits per heavy atom. The molecule has 150 valence electrons. The molecule has 7 heteroatoms. The average molecular weight is 403 g/mol. The molecule has 0 radical (unpaired) electrons. The number of fused-ring (bicyclic) bond motifs is 2. The van der Waals surface area contributed by atoms with Gasteiger partial charge < -0.3 is 19.1 Å². The third-order valence-corrected chi connectivity index (χ3v) is 6.95. The predicted molar refractivity (Wildman–Crippen MR) is 110 cm³/mol. The first kappa shape index (κ1) is 18.3. The first-order chi connectivity index (χ1) is 13.5. The Kier molecular flexibility index (Phi) is 4.51. The molecule has 0 spiro atoms. The molecule has 3 atom stereocenters. The third kappa shape index (κ3) is 3.26. The van der Waals surface area contributed by atoms with Gasteiger partial charge in [0, 0.05) is 49.7 Å². The lowest BCUT2D eigenvalue weighted by Gasteiger charge is -2.33. The summed E-state index contributed by atoms with van der Waals surface area (Å²) in [5, 5.41) is 0.649. The lowest BCUT2D eigenvalue weighted by atomic mass is 9.95. The Balaban J connectivity index is 1.16. The molecule has 0 bridgehead atoms. The summed E-state index contributed by atoms with van der Waals surface area (Å²) >= 11 is 6.03. The van der Waals surface area contributed by atoms with E-state index < -0.39 is 0 Å². The fraction of sp³-hybridized carbons (Fsp3) is 0.619. The van der Waals surface area contributed by atoms with Crippen LogP contribution in [0.4, 0.5) is 6.01 Å². The molecule has 6 nitrogen and oxygen atoms in total. The van der Waals surface area contributed by atoms with Crippen molar-refractivity contribution in [2.24, 2.45) is 23.7 Å². The smallest absolute Gasteiger partial charge is 0.298 e. The highest BCUT2D eigenvalue weighted by atomic mass is 35.5. The molecule has 1 aromatic carbocycles. The molecular formula is C21H27ClN4O2. The number of halogens is 1. The molecule has 2 saturated heterocycles. The lowest BCUT2D eigenvalue weighted by Crippen LogP contribution is -2.43. The summed E-state index contributed by atoms with van der Waals surface area (Å²) in [6.45, 7) is 4.70. The minimum atomic E-state index is 0.139. The van der Waals surface area contributed by atoms with Gasteiger partial charge >= 0.3 is 0 Å². The maximum atomic E-state index is 13.0. The number of anilines is 1. The van der Waals surface area contributed by atoms with E-state index in [9.17, 15) is 4.79 Å². The number of carbonyl (C=O) groups excluding carboxylic acids is 1. The largest absolute Gasteiger partial charge is 0.423 e. The first-order valence-electron chi connectivity index (χ1n) is 10.2. The maximum absolute atomic E-state index is 13.0. The van der Waals surface area contributed by atoms with Crippen LogP contribution in [-0.4, -0.2) is 67.5 Å². The van der Waals surface area contributed by atoms with Crippen molar-refractivity contribution in [1.82, 2.24) is 14.8 Å². The molecule has 3 heterocycles. The van der Waals surface area contributed by atoms with Gasteiger partial charge in [0.25, 0.3) is 6.01 Å². The number of nitrogens with zero attached hydrogens (tertiary/aromatic N) is 4. The van der Waals surface area contributed by atoms with Gasteiger partial charge in [0.1, 0.15) is 5.52 Å². The molecule has 2 aromatic rings. The monoisotopic (exact) mass is 402 g/mol. The van der Waals surface area contributed by atoms with E-state index in [1.54, 1.807) is 6.07 Å². The molecule has 2 aliphatic heterocycles. The molecule has 1 amide bonds. The van der Waals surface area contributed by atoms with E-state index in [1.165, 1.54) is 0 Å². The summed E-state index contributed by atoms with van der Waals surface area (Å²) in [4.78, 5) is 24.1. The summed E-state index contributed by atoms with van der Waals surface area (Å²) in [6, 6.07) is 6.14. The Labute approximate surface area is 170 Å². The SMILES string of the molecule is CN(C)CC1[C@H]2CN(C(=O)C3CCN(c4nc5ccc(Cl)cc5o4)CC3)C[C@@H]12. The summed E-state index contributed by atoms with van der Waals surface area (Å²) in [5.74, 6) is 2.77. The van der Waals surface area contributed by atoms with Gasteiger partial charge in [-0.3, -0.25) is 4.79 Å². The number of piperidine rings is 2. The highest BCUT2D eigenvalue weighted by Crippen LogP contribution is 2.52. The van der Waals surface area contributed by atoms with E-state index in [1.807, 2.05) is 12.1 Å². The Hall–Kier alpha value is -1.79. The number of rotatable bonds is 4. The number of benzene rings is 1. The molecule has 1 aromatic heterocycles. The molecule has 3 aliphatic rings. The second kappa shape index (κ2) is 6.92. The van der Waals surface area contributed by atoms with Gasteiger partial charge in [-0.1, -0.05) is 11.6 Å². The number of amides is 1. The van der Waals surface area contributed by atoms with Gasteiger partial charge in [-0.2, -0.15) is 4.98 Å². The first-order valence-corrected chi connectivity index (χ1v) is 10.6. The van der Waals surface area contributed by atoms with Crippen molar-refractivity contribution >= 4 is 34.6 Å². The van der Waals surface area contributed by atoms with Crippen molar-refractivity contribution in [3.8, 4) is 0 Å². The lowest BCUT2D eigenvalue weighted by molar-refractivity contribution is -0.135. The van der Waals surface area contributed by atoms with Crippen LogP contribution >= 0.6 is 11.6 Å². The van der Waals surface area contributed by atoms with Gasteiger partial charge in [0.05, 0.1) is 0 Å². The standard InChI is InChI=1S/C21H27ClN4O2/c1-24(2)10-15-16-11-26(12-17(15)16)20(27)13-5-7-25(8-6-13)21-23-18-4-3-14(22)9-19(18)28-21/h3-4,9,13,15-17H,5-8,10-12H2,1-2H3/t15?,16-,17+. The van der Waals surface area contributed by atoms with E-state index in [0.29, 0.717) is 22.5 Å². The normalized spacial score (nSPS) is 27.6. The van der Waals surface area contributed by atoms with Crippen molar-refractivity contribution in [3.05, 3.63) is 23.2 Å². The average Bonchev–Trinajstić information content (AvgIpc) is 3.05. The molecule has 5 rings (SSSR count). The minimum Gasteiger partial charge on any atom is -0.423 e. The minimum absolute atomic E-state index is 0.139. The van der Waals surface area contributed by atoms with Crippen molar-refractivity contribution in [1.29, 1.82) is 0 Å². The number of hydrogen-bond acceptors (Lipinski definition) is 5. The van der Waals surface area contributed by atoms with Crippen LogP contribution in [0, 0.1) is 23.7 Å². The van der Waals surface area contributed by atoms with Gasteiger partial charge in [0.2, 0.25) is 5.91 Å². The van der Waals surface area contributed by atoms with Crippen LogP contribution in [0.25, 0.3) is 11.1 Å². The van der Waals surface area contributed by atoms with E-state index in [2.05, 4.69) is 33.8 Å². The zero-order valence-electron chi connectivity index (χ0n) is 16.5. The summed E-state index contributed by atoms with van der Waals surface area (Å²) in [7, 11) is 4.27. The van der Waals surface area contributed by atoms with Crippen LogP contribution in [-0.2, 0) is 4.79 Å². The fourth-order valence-electron chi connectivity index (χ4n) is 5.12. The van der Waals surface area contributed by atoms with Crippen molar-refractivity contribution < 1.29 is 9.21 Å². The molecule has 1 aliphatic carbocycles. The van der Waals surface area contributed by atoms with E-state index in [0.717, 1.165) is 68.8 Å². The number of oxazole rings is 1. The van der Waals surface area contributed by atoms with E-state index in [-0.39, 0.29) is 5.92 Å². The third-order valence-electron chi connectivity index (χ3n) is 6.71. The molecule has 1 saturated carbocycles. The highest BCUT2D eigenvalue weighted by Gasteiger charge is 2.56. The molecule has 28 heavy (non-hydrogen) atoms. The van der Waals surface area contributed by atoms with Gasteiger partial charge in [-0.05, 0) is 56.8 Å². The summed E-state index contributed by atoms with van der Waals surface area (Å²) < 4.78 is 5.88. The van der Waals surface area contributed by atoms with Crippen molar-refractivity contribution in [2.75, 3.05) is 51.7 Å². The quantitative estimate of drug-likeness (QED) is 0.787. The summed E-state index contributed by atoms with van der Waals surface area (Å²) in [6.07, 6.45) is 1.73. The zero-order chi connectivity index (χ0) is 19.4. The molecule has 0 N–H and O–H groups in total. The fourth-order valence-corrected chi connectivity index (χ4v) is 5.28. The molecule has 1 unspecified atom stereocenters. The second-order valence-corrected chi connectivity index (χ2v) is 9.30. The van der Waals surface area contributed by atoms with Crippen molar-refractivity contribution in [3.63, 3.8) is 0 Å². The highest BCUT2D eigenvalue weighted by molar-refractivity contribution is 6.31. The van der Waals surface area contributed by atoms with Gasteiger partial charge in [-0.25, -0.2) is 0 Å². The zero-order valence-corrected chi connectivity index (χ0v) is 17.2. The van der Waals surface area contributed by atoms with Crippen LogP contribution < -0.4 is 4.90 Å². The topological polar surface area (TPSA) is 52.8 Å². The Morgan fingerprint density at radius 3 is 2.64 bits per heavy atom. The van der Waals surface area contributed by atoms with E-state index in [4.69, 9.17) is 16.0 Å². The van der Waals surface area contributed by atoms with E-state index >= 15 is 0 Å². The van der Waals surface area contributed by atoms with Gasteiger partial charge in [0.15, 0.2) is 5.58 Å². The number of hydrogen-bond donors (Lipinski definition) is 0. The van der Waals surface area contributed by atoms with Crippen molar-refractivity contribution in [2.45, 2.75) is 12.8 Å². The van der Waals surface area contributed by atoms with Crippen LogP contribution in [0.15, 0.2) is 22.6 Å². The van der Waals surface area contributed by atoms with Crippen LogP contribution in [0.2, 0.25) is 5.02 Å². The Morgan fingerprint density at radius 1 is 1.25 bits per heavy atom.